The summed E-state index contributed by atoms with van der Waals surface area (Å²) in [5, 5.41) is 3.40. The molecule has 0 aromatic heterocycles. The minimum absolute atomic E-state index is 0.00345. The quantitative estimate of drug-likeness (QED) is 0.283. The van der Waals surface area contributed by atoms with Crippen molar-refractivity contribution in [1.29, 1.82) is 0 Å². The number of rotatable bonds is 13. The first-order valence-electron chi connectivity index (χ1n) is 12.9. The van der Waals surface area contributed by atoms with Crippen LogP contribution in [-0.4, -0.2) is 58.5 Å². The van der Waals surface area contributed by atoms with E-state index in [4.69, 9.17) is 32.7 Å². The zero-order chi connectivity index (χ0) is 30.2. The maximum absolute atomic E-state index is 14.1. The summed E-state index contributed by atoms with van der Waals surface area (Å²) in [5.41, 5.74) is 0.805. The number of ether oxygens (including phenoxy) is 2. The number of hydrogen-bond acceptors (Lipinski definition) is 6. The molecule has 220 valence electrons. The summed E-state index contributed by atoms with van der Waals surface area (Å²) >= 11 is 12.3. The molecule has 41 heavy (non-hydrogen) atoms. The van der Waals surface area contributed by atoms with Crippen molar-refractivity contribution in [3.8, 4) is 11.5 Å². The second kappa shape index (κ2) is 14.4. The fourth-order valence-electron chi connectivity index (χ4n) is 4.27. The SMILES string of the molecule is CCNC(=O)[C@@H](CC)N(Cc1ccc(Cl)c(Cl)c1)C(=O)CN(c1ccc(OC)c(OC)c1)S(=O)(=O)c1ccccc1. The van der Waals surface area contributed by atoms with E-state index in [1.54, 1.807) is 56.3 Å². The molecular weight excluding hydrogens is 589 g/mol. The van der Waals surface area contributed by atoms with Gasteiger partial charge in [-0.15, -0.1) is 0 Å². The van der Waals surface area contributed by atoms with Crippen molar-refractivity contribution >= 4 is 50.7 Å². The summed E-state index contributed by atoms with van der Waals surface area (Å²) in [6, 6.07) is 16.4. The van der Waals surface area contributed by atoms with Crippen molar-refractivity contribution in [1.82, 2.24) is 10.2 Å². The van der Waals surface area contributed by atoms with E-state index in [1.165, 1.54) is 43.4 Å². The molecule has 0 radical (unpaired) electrons. The number of amides is 2. The van der Waals surface area contributed by atoms with E-state index in [0.29, 0.717) is 34.3 Å². The minimum Gasteiger partial charge on any atom is -0.493 e. The van der Waals surface area contributed by atoms with Crippen molar-refractivity contribution in [2.45, 2.75) is 37.8 Å². The first-order valence-corrected chi connectivity index (χ1v) is 15.1. The third-order valence-electron chi connectivity index (χ3n) is 6.34. The molecule has 0 aliphatic heterocycles. The number of carbonyl (C=O) groups is 2. The largest absolute Gasteiger partial charge is 0.493 e. The van der Waals surface area contributed by atoms with Gasteiger partial charge in [-0.2, -0.15) is 0 Å². The third-order valence-corrected chi connectivity index (χ3v) is 8.87. The van der Waals surface area contributed by atoms with Gasteiger partial charge in [-0.3, -0.25) is 13.9 Å². The highest BCUT2D eigenvalue weighted by atomic mass is 35.5. The Hall–Kier alpha value is -3.47. The molecule has 0 saturated carbocycles. The monoisotopic (exact) mass is 621 g/mol. The standard InChI is InChI=1S/C29H33Cl2N3O6S/c1-5-25(29(36)32-6-2)33(18-20-12-14-23(30)24(31)16-20)28(35)19-34(41(37,38)22-10-8-7-9-11-22)21-13-15-26(39-3)27(17-21)40-4/h7-17,25H,5-6,18-19H2,1-4H3,(H,32,36)/t25-/m1/s1. The highest BCUT2D eigenvalue weighted by Gasteiger charge is 2.34. The topological polar surface area (TPSA) is 105 Å². The van der Waals surface area contributed by atoms with E-state index in [9.17, 15) is 18.0 Å². The van der Waals surface area contributed by atoms with Crippen LogP contribution in [-0.2, 0) is 26.2 Å². The molecule has 12 heteroatoms. The maximum atomic E-state index is 14.1. The molecule has 0 aliphatic rings. The molecule has 0 heterocycles. The van der Waals surface area contributed by atoms with Crippen molar-refractivity contribution in [3.05, 3.63) is 82.3 Å². The predicted molar refractivity (Wildman–Crippen MR) is 160 cm³/mol. The van der Waals surface area contributed by atoms with Crippen LogP contribution in [0.3, 0.4) is 0 Å². The van der Waals surface area contributed by atoms with E-state index in [-0.39, 0.29) is 28.8 Å². The van der Waals surface area contributed by atoms with E-state index in [1.807, 2.05) is 0 Å². The van der Waals surface area contributed by atoms with Gasteiger partial charge in [0.2, 0.25) is 11.8 Å². The smallest absolute Gasteiger partial charge is 0.264 e. The van der Waals surface area contributed by atoms with Crippen LogP contribution in [0.15, 0.2) is 71.6 Å². The molecule has 9 nitrogen and oxygen atoms in total. The Labute approximate surface area is 251 Å². The Morgan fingerprint density at radius 2 is 1.59 bits per heavy atom. The number of nitrogens with zero attached hydrogens (tertiary/aromatic N) is 2. The van der Waals surface area contributed by atoms with Crippen molar-refractivity contribution < 1.29 is 27.5 Å². The van der Waals surface area contributed by atoms with Crippen LogP contribution in [0.25, 0.3) is 0 Å². The fraction of sp³-hybridized carbons (Fsp3) is 0.310. The number of carbonyl (C=O) groups excluding carboxylic acids is 2. The lowest BCUT2D eigenvalue weighted by Gasteiger charge is -2.33. The molecule has 0 aliphatic carbocycles. The van der Waals surface area contributed by atoms with Crippen LogP contribution in [0.4, 0.5) is 5.69 Å². The Kier molecular flexibility index (Phi) is 11.3. The second-order valence-corrected chi connectivity index (χ2v) is 11.6. The Morgan fingerprint density at radius 1 is 0.902 bits per heavy atom. The maximum Gasteiger partial charge on any atom is 0.264 e. The molecule has 0 unspecified atom stereocenters. The summed E-state index contributed by atoms with van der Waals surface area (Å²) in [4.78, 5) is 28.5. The Balaban J connectivity index is 2.11. The Bertz CT molecular complexity index is 1470. The average Bonchev–Trinajstić information content (AvgIpc) is 2.97. The normalized spacial score (nSPS) is 11.9. The third kappa shape index (κ3) is 7.63. The van der Waals surface area contributed by atoms with Crippen LogP contribution >= 0.6 is 23.2 Å². The first-order chi connectivity index (χ1) is 19.6. The van der Waals surface area contributed by atoms with Crippen molar-refractivity contribution in [2.75, 3.05) is 31.6 Å². The van der Waals surface area contributed by atoms with Gasteiger partial charge in [0.05, 0.1) is 34.8 Å². The summed E-state index contributed by atoms with van der Waals surface area (Å²) in [5.74, 6) is -0.272. The lowest BCUT2D eigenvalue weighted by Crippen LogP contribution is -2.52. The number of hydrogen-bond donors (Lipinski definition) is 1. The van der Waals surface area contributed by atoms with Gasteiger partial charge in [0.25, 0.3) is 10.0 Å². The molecule has 2 amide bonds. The van der Waals surface area contributed by atoms with E-state index < -0.39 is 28.5 Å². The van der Waals surface area contributed by atoms with Gasteiger partial charge in [0.1, 0.15) is 12.6 Å². The van der Waals surface area contributed by atoms with Gasteiger partial charge >= 0.3 is 0 Å². The van der Waals surface area contributed by atoms with Gasteiger partial charge in [-0.1, -0.05) is 54.4 Å². The molecule has 3 aromatic carbocycles. The van der Waals surface area contributed by atoms with Gasteiger partial charge in [-0.25, -0.2) is 8.42 Å². The second-order valence-electron chi connectivity index (χ2n) is 8.95. The number of nitrogens with one attached hydrogen (secondary N) is 1. The summed E-state index contributed by atoms with van der Waals surface area (Å²) in [7, 11) is -1.33. The van der Waals surface area contributed by atoms with Crippen molar-refractivity contribution in [3.63, 3.8) is 0 Å². The molecule has 0 fully saturated rings. The van der Waals surface area contributed by atoms with E-state index >= 15 is 0 Å². The average molecular weight is 623 g/mol. The highest BCUT2D eigenvalue weighted by molar-refractivity contribution is 7.92. The van der Waals surface area contributed by atoms with Gasteiger partial charge < -0.3 is 19.7 Å². The van der Waals surface area contributed by atoms with Crippen LogP contribution in [0, 0.1) is 0 Å². The molecular formula is C29H33Cl2N3O6S. The van der Waals surface area contributed by atoms with Crippen molar-refractivity contribution in [2.24, 2.45) is 0 Å². The number of benzene rings is 3. The lowest BCUT2D eigenvalue weighted by atomic mass is 10.1. The van der Waals surface area contributed by atoms with Gasteiger partial charge in [0.15, 0.2) is 11.5 Å². The number of methoxy groups -OCH3 is 2. The lowest BCUT2D eigenvalue weighted by molar-refractivity contribution is -0.140. The Morgan fingerprint density at radius 3 is 2.17 bits per heavy atom. The number of halogens is 2. The molecule has 0 bridgehead atoms. The number of sulfonamides is 1. The predicted octanol–water partition coefficient (Wildman–Crippen LogP) is 5.15. The fourth-order valence-corrected chi connectivity index (χ4v) is 6.02. The minimum atomic E-state index is -4.22. The summed E-state index contributed by atoms with van der Waals surface area (Å²) in [6.45, 7) is 3.33. The van der Waals surface area contributed by atoms with E-state index in [2.05, 4.69) is 5.32 Å². The number of likely N-dealkylation sites (N-methyl/N-ethyl adjacent to an activating group) is 1. The molecule has 0 saturated heterocycles. The molecule has 3 aromatic rings. The van der Waals surface area contributed by atoms with Crippen LogP contribution in [0.1, 0.15) is 25.8 Å². The van der Waals surface area contributed by atoms with Crippen LogP contribution in [0.5, 0.6) is 11.5 Å². The number of anilines is 1. The highest BCUT2D eigenvalue weighted by Crippen LogP contribution is 2.34. The van der Waals surface area contributed by atoms with Crippen LogP contribution in [0.2, 0.25) is 10.0 Å². The van der Waals surface area contributed by atoms with E-state index in [0.717, 1.165) is 4.31 Å². The van der Waals surface area contributed by atoms with Gasteiger partial charge in [0, 0.05) is 19.2 Å². The molecule has 3 rings (SSSR count). The molecule has 0 spiro atoms. The van der Waals surface area contributed by atoms with Crippen LogP contribution < -0.4 is 19.1 Å². The zero-order valence-electron chi connectivity index (χ0n) is 23.3. The van der Waals surface area contributed by atoms with Gasteiger partial charge in [-0.05, 0) is 55.3 Å². The summed E-state index contributed by atoms with van der Waals surface area (Å²) in [6.07, 6.45) is 0.292. The first kappa shape index (κ1) is 32.0. The molecule has 1 atom stereocenters. The summed E-state index contributed by atoms with van der Waals surface area (Å²) < 4.78 is 39.6. The molecule has 1 N–H and O–H groups in total. The zero-order valence-corrected chi connectivity index (χ0v) is 25.6.